The highest BCUT2D eigenvalue weighted by Gasteiger charge is 2.32. The van der Waals surface area contributed by atoms with E-state index in [4.69, 9.17) is 16.7 Å². The van der Waals surface area contributed by atoms with E-state index in [-0.39, 0.29) is 11.6 Å². The maximum absolute atomic E-state index is 12.5. The van der Waals surface area contributed by atoms with Gasteiger partial charge < -0.3 is 5.11 Å². The normalized spacial score (nSPS) is 14.4. The standard InChI is InChI=1S/C10H11ClF3NO3S/c1-6(16)5-15-19(17,18)9-4-7(10(12,13)14)2-3-8(9)11/h2-4,6,15-16H,5H2,1H3/t6-/m0/s1. The number of halogens is 4. The molecule has 1 rings (SSSR count). The van der Waals surface area contributed by atoms with Crippen LogP contribution < -0.4 is 4.72 Å². The molecule has 0 heterocycles. The number of benzene rings is 1. The third kappa shape index (κ3) is 4.34. The zero-order chi connectivity index (χ0) is 14.8. The molecule has 0 aliphatic carbocycles. The first-order valence-electron chi connectivity index (χ1n) is 5.08. The van der Waals surface area contributed by atoms with Gasteiger partial charge in [0.2, 0.25) is 10.0 Å². The van der Waals surface area contributed by atoms with Crippen LogP contribution in [0.1, 0.15) is 12.5 Å². The van der Waals surface area contributed by atoms with Gasteiger partial charge in [0.25, 0.3) is 0 Å². The quantitative estimate of drug-likeness (QED) is 0.893. The highest BCUT2D eigenvalue weighted by Crippen LogP contribution is 2.33. The van der Waals surface area contributed by atoms with Crippen LogP contribution in [0, 0.1) is 0 Å². The molecule has 0 saturated carbocycles. The van der Waals surface area contributed by atoms with Gasteiger partial charge in [-0.25, -0.2) is 13.1 Å². The van der Waals surface area contributed by atoms with Crippen molar-refractivity contribution in [1.82, 2.24) is 4.72 Å². The molecule has 0 aliphatic heterocycles. The van der Waals surface area contributed by atoms with Crippen molar-refractivity contribution in [3.63, 3.8) is 0 Å². The lowest BCUT2D eigenvalue weighted by atomic mass is 10.2. The molecule has 1 atom stereocenters. The van der Waals surface area contributed by atoms with Crippen LogP contribution in [0.5, 0.6) is 0 Å². The van der Waals surface area contributed by atoms with Crippen LogP contribution in [0.15, 0.2) is 23.1 Å². The molecule has 1 aromatic carbocycles. The lowest BCUT2D eigenvalue weighted by Crippen LogP contribution is -2.31. The summed E-state index contributed by atoms with van der Waals surface area (Å²) in [5.41, 5.74) is -1.12. The van der Waals surface area contributed by atoms with Crippen molar-refractivity contribution in [2.45, 2.75) is 24.1 Å². The van der Waals surface area contributed by atoms with Crippen molar-refractivity contribution in [3.05, 3.63) is 28.8 Å². The lowest BCUT2D eigenvalue weighted by Gasteiger charge is -2.12. The number of hydrogen-bond acceptors (Lipinski definition) is 3. The fourth-order valence-corrected chi connectivity index (χ4v) is 2.84. The van der Waals surface area contributed by atoms with E-state index in [0.717, 1.165) is 6.07 Å². The van der Waals surface area contributed by atoms with Crippen molar-refractivity contribution in [3.8, 4) is 0 Å². The van der Waals surface area contributed by atoms with Crippen molar-refractivity contribution in [2.24, 2.45) is 0 Å². The van der Waals surface area contributed by atoms with Gasteiger partial charge in [0.15, 0.2) is 0 Å². The first-order chi connectivity index (χ1) is 8.54. The lowest BCUT2D eigenvalue weighted by molar-refractivity contribution is -0.137. The summed E-state index contributed by atoms with van der Waals surface area (Å²) in [6.07, 6.45) is -5.64. The smallest absolute Gasteiger partial charge is 0.392 e. The van der Waals surface area contributed by atoms with E-state index < -0.39 is 32.8 Å². The average molecular weight is 318 g/mol. The molecule has 2 N–H and O–H groups in total. The Morgan fingerprint density at radius 2 is 2.00 bits per heavy atom. The van der Waals surface area contributed by atoms with E-state index in [1.54, 1.807) is 0 Å². The third-order valence-electron chi connectivity index (χ3n) is 2.12. The molecule has 0 fully saturated rings. The van der Waals surface area contributed by atoms with Gasteiger partial charge in [-0.3, -0.25) is 0 Å². The molecular weight excluding hydrogens is 307 g/mol. The summed E-state index contributed by atoms with van der Waals surface area (Å²) in [6.45, 7) is 1.01. The van der Waals surface area contributed by atoms with Crippen molar-refractivity contribution >= 4 is 21.6 Å². The van der Waals surface area contributed by atoms with Crippen LogP contribution in [-0.2, 0) is 16.2 Å². The average Bonchev–Trinajstić information content (AvgIpc) is 2.25. The highest BCUT2D eigenvalue weighted by molar-refractivity contribution is 7.89. The topological polar surface area (TPSA) is 66.4 Å². The summed E-state index contributed by atoms with van der Waals surface area (Å²) in [5.74, 6) is 0. The third-order valence-corrected chi connectivity index (χ3v) is 4.02. The highest BCUT2D eigenvalue weighted by atomic mass is 35.5. The van der Waals surface area contributed by atoms with E-state index >= 15 is 0 Å². The molecule has 0 amide bonds. The van der Waals surface area contributed by atoms with Crippen molar-refractivity contribution in [2.75, 3.05) is 6.54 Å². The number of alkyl halides is 3. The maximum atomic E-state index is 12.5. The van der Waals surface area contributed by atoms with Crippen molar-refractivity contribution in [1.29, 1.82) is 0 Å². The minimum atomic E-state index is -4.67. The molecule has 19 heavy (non-hydrogen) atoms. The van der Waals surface area contributed by atoms with E-state index in [1.807, 2.05) is 4.72 Å². The first-order valence-corrected chi connectivity index (χ1v) is 6.94. The van der Waals surface area contributed by atoms with E-state index in [2.05, 4.69) is 0 Å². The van der Waals surface area contributed by atoms with Gasteiger partial charge in [0.05, 0.1) is 16.7 Å². The van der Waals surface area contributed by atoms with Crippen LogP contribution in [-0.4, -0.2) is 26.2 Å². The predicted octanol–water partition coefficient (Wildman–Crippen LogP) is 2.02. The number of aliphatic hydroxyl groups is 1. The number of rotatable bonds is 4. The zero-order valence-electron chi connectivity index (χ0n) is 9.70. The molecule has 0 spiro atoms. The second-order valence-electron chi connectivity index (χ2n) is 3.84. The number of nitrogens with one attached hydrogen (secondary N) is 1. The molecule has 9 heteroatoms. The van der Waals surface area contributed by atoms with E-state index in [9.17, 15) is 21.6 Å². The molecule has 1 aromatic rings. The van der Waals surface area contributed by atoms with Crippen LogP contribution in [0.25, 0.3) is 0 Å². The van der Waals surface area contributed by atoms with Gasteiger partial charge in [0.1, 0.15) is 4.90 Å². The Labute approximate surface area is 113 Å². The summed E-state index contributed by atoms with van der Waals surface area (Å²) in [5, 5.41) is 8.65. The van der Waals surface area contributed by atoms with Crippen LogP contribution >= 0.6 is 11.6 Å². The Morgan fingerprint density at radius 1 is 1.42 bits per heavy atom. The van der Waals surface area contributed by atoms with Gasteiger partial charge in [-0.1, -0.05) is 11.6 Å². The number of aliphatic hydroxyl groups excluding tert-OH is 1. The fourth-order valence-electron chi connectivity index (χ4n) is 1.19. The molecule has 0 aliphatic rings. The molecule has 0 bridgehead atoms. The largest absolute Gasteiger partial charge is 0.416 e. The summed E-state index contributed by atoms with van der Waals surface area (Å²) in [7, 11) is -4.21. The summed E-state index contributed by atoms with van der Waals surface area (Å²) in [6, 6.07) is 2.00. The maximum Gasteiger partial charge on any atom is 0.416 e. The van der Waals surface area contributed by atoms with Crippen LogP contribution in [0.4, 0.5) is 13.2 Å². The first kappa shape index (κ1) is 16.2. The van der Waals surface area contributed by atoms with Gasteiger partial charge >= 0.3 is 6.18 Å². The SMILES string of the molecule is C[C@H](O)CNS(=O)(=O)c1cc(C(F)(F)F)ccc1Cl. The van der Waals surface area contributed by atoms with Crippen LogP contribution in [0.2, 0.25) is 5.02 Å². The summed E-state index contributed by atoms with van der Waals surface area (Å²) < 4.78 is 63.0. The van der Waals surface area contributed by atoms with Gasteiger partial charge in [0, 0.05) is 6.54 Å². The second-order valence-corrected chi connectivity index (χ2v) is 5.99. The molecule has 0 aromatic heterocycles. The molecule has 0 saturated heterocycles. The summed E-state index contributed by atoms with van der Waals surface area (Å²) >= 11 is 5.60. The van der Waals surface area contributed by atoms with Gasteiger partial charge in [-0.05, 0) is 25.1 Å². The zero-order valence-corrected chi connectivity index (χ0v) is 11.3. The van der Waals surface area contributed by atoms with Crippen LogP contribution in [0.3, 0.4) is 0 Å². The minimum Gasteiger partial charge on any atom is -0.392 e. The Hall–Kier alpha value is -0.830. The number of sulfonamides is 1. The van der Waals surface area contributed by atoms with Gasteiger partial charge in [-0.2, -0.15) is 13.2 Å². The monoisotopic (exact) mass is 317 g/mol. The van der Waals surface area contributed by atoms with Gasteiger partial charge in [-0.15, -0.1) is 0 Å². The Balaban J connectivity index is 3.19. The van der Waals surface area contributed by atoms with Crippen molar-refractivity contribution < 1.29 is 26.7 Å². The Morgan fingerprint density at radius 3 is 2.47 bits per heavy atom. The fraction of sp³-hybridized carbons (Fsp3) is 0.400. The molecular formula is C10H11ClF3NO3S. The molecule has 4 nitrogen and oxygen atoms in total. The summed E-state index contributed by atoms with van der Waals surface area (Å²) in [4.78, 5) is -0.676. The predicted molar refractivity (Wildman–Crippen MR) is 63.3 cm³/mol. The van der Waals surface area contributed by atoms with E-state index in [1.165, 1.54) is 6.92 Å². The Kier molecular flexibility index (Phi) is 4.83. The number of hydrogen-bond donors (Lipinski definition) is 2. The van der Waals surface area contributed by atoms with E-state index in [0.29, 0.717) is 12.1 Å². The molecule has 0 unspecified atom stereocenters. The Bertz CT molecular complexity index is 558. The molecule has 0 radical (unpaired) electrons. The molecule has 108 valence electrons. The minimum absolute atomic E-state index is 0.324. The second kappa shape index (κ2) is 5.66.